The number of amides is 2. The van der Waals surface area contributed by atoms with Crippen molar-refractivity contribution in [3.63, 3.8) is 0 Å². The number of hydrogen-bond acceptors (Lipinski definition) is 8. The van der Waals surface area contributed by atoms with Crippen molar-refractivity contribution in [3.8, 4) is 0 Å². The molecule has 0 aliphatic carbocycles. The highest BCUT2D eigenvalue weighted by atomic mass is 16.6. The first-order chi connectivity index (χ1) is 10.6. The second kappa shape index (κ2) is 12.5. The smallest absolute Gasteiger partial charge is 0.432 e. The summed E-state index contributed by atoms with van der Waals surface area (Å²) in [4.78, 5) is 43.5. The maximum absolute atomic E-state index is 11.3. The Morgan fingerprint density at radius 3 is 1.41 bits per heavy atom. The zero-order valence-corrected chi connectivity index (χ0v) is 12.9. The van der Waals surface area contributed by atoms with Gasteiger partial charge in [0.1, 0.15) is 0 Å². The molecule has 0 rings (SSSR count). The molecule has 0 atom stereocenters. The molecule has 0 N–H and O–H groups in total. The quantitative estimate of drug-likeness (QED) is 0.328. The molecule has 0 saturated heterocycles. The molecule has 0 aliphatic rings. The Kier molecular flexibility index (Phi) is 11.2. The van der Waals surface area contributed by atoms with Crippen molar-refractivity contribution in [2.24, 2.45) is 10.6 Å². The first-order valence-corrected chi connectivity index (χ1v) is 7.15. The second-order valence-electron chi connectivity index (χ2n) is 4.22. The standard InChI is InChI=1S/C12H22N4O6/c1-3-21-11(17)15(13-19)9-7-5-6-8-10-16(14-20)12(18)22-4-2/h3-10H2,1-2H3. The minimum absolute atomic E-state index is 0.163. The van der Waals surface area contributed by atoms with E-state index in [1.54, 1.807) is 13.8 Å². The Morgan fingerprint density at radius 2 is 1.14 bits per heavy atom. The van der Waals surface area contributed by atoms with Crippen molar-refractivity contribution in [2.75, 3.05) is 26.3 Å². The molecule has 10 nitrogen and oxygen atoms in total. The lowest BCUT2D eigenvalue weighted by Crippen LogP contribution is -2.27. The van der Waals surface area contributed by atoms with Crippen molar-refractivity contribution < 1.29 is 19.1 Å². The summed E-state index contributed by atoms with van der Waals surface area (Å²) in [5.74, 6) is 0. The van der Waals surface area contributed by atoms with Gasteiger partial charge in [-0.05, 0) is 26.7 Å². The summed E-state index contributed by atoms with van der Waals surface area (Å²) in [6.45, 7) is 3.95. The molecule has 0 heterocycles. The van der Waals surface area contributed by atoms with Gasteiger partial charge in [-0.2, -0.15) is 10.0 Å². The first kappa shape index (κ1) is 19.7. The van der Waals surface area contributed by atoms with Gasteiger partial charge in [-0.1, -0.05) is 12.8 Å². The first-order valence-electron chi connectivity index (χ1n) is 7.15. The van der Waals surface area contributed by atoms with Crippen LogP contribution in [-0.4, -0.2) is 48.5 Å². The number of carbonyl (C=O) groups excluding carboxylic acids is 2. The van der Waals surface area contributed by atoms with Crippen LogP contribution in [0.25, 0.3) is 0 Å². The number of rotatable bonds is 11. The van der Waals surface area contributed by atoms with Gasteiger partial charge in [-0.15, -0.1) is 9.81 Å². The van der Waals surface area contributed by atoms with Crippen LogP contribution < -0.4 is 0 Å². The third kappa shape index (κ3) is 8.12. The van der Waals surface area contributed by atoms with Gasteiger partial charge in [0, 0.05) is 0 Å². The molecular formula is C12H22N4O6. The van der Waals surface area contributed by atoms with Crippen LogP contribution >= 0.6 is 0 Å². The Hall–Kier alpha value is -2.26. The van der Waals surface area contributed by atoms with E-state index in [4.69, 9.17) is 0 Å². The minimum Gasteiger partial charge on any atom is -0.448 e. The normalized spacial score (nSPS) is 9.73. The fourth-order valence-electron chi connectivity index (χ4n) is 1.60. The molecule has 126 valence electrons. The Balaban J connectivity index is 3.83. The molecular weight excluding hydrogens is 296 g/mol. The van der Waals surface area contributed by atoms with Crippen LogP contribution in [0, 0.1) is 9.81 Å². The SMILES string of the molecule is CCOC(=O)N(CCCCCCN(N=O)C(=O)OCC)N=O. The molecule has 0 aromatic carbocycles. The van der Waals surface area contributed by atoms with Gasteiger partial charge in [-0.25, -0.2) is 9.59 Å². The lowest BCUT2D eigenvalue weighted by Gasteiger charge is -2.13. The van der Waals surface area contributed by atoms with Crippen molar-refractivity contribution in [3.05, 3.63) is 9.81 Å². The van der Waals surface area contributed by atoms with E-state index >= 15 is 0 Å². The lowest BCUT2D eigenvalue weighted by molar-refractivity contribution is 0.105. The number of carbonyl (C=O) groups is 2. The summed E-state index contributed by atoms with van der Waals surface area (Å²) in [7, 11) is 0. The molecule has 0 aliphatic heterocycles. The largest absolute Gasteiger partial charge is 0.448 e. The molecule has 22 heavy (non-hydrogen) atoms. The highest BCUT2D eigenvalue weighted by molar-refractivity contribution is 5.67. The van der Waals surface area contributed by atoms with Crippen molar-refractivity contribution >= 4 is 12.2 Å². The molecule has 0 fully saturated rings. The molecule has 0 aromatic rings. The number of nitrogens with zero attached hydrogens (tertiary/aromatic N) is 4. The van der Waals surface area contributed by atoms with Crippen LogP contribution in [0.5, 0.6) is 0 Å². The summed E-state index contributed by atoms with van der Waals surface area (Å²) in [6.07, 6.45) is 0.964. The van der Waals surface area contributed by atoms with E-state index < -0.39 is 12.2 Å². The molecule has 10 heteroatoms. The summed E-state index contributed by atoms with van der Waals surface area (Å²) in [5, 5.41) is 6.63. The molecule has 0 unspecified atom stereocenters. The monoisotopic (exact) mass is 318 g/mol. The molecule has 0 aromatic heterocycles. The van der Waals surface area contributed by atoms with E-state index in [1.165, 1.54) is 0 Å². The van der Waals surface area contributed by atoms with Crippen LogP contribution in [0.15, 0.2) is 10.6 Å². The Morgan fingerprint density at radius 1 is 0.773 bits per heavy atom. The second-order valence-corrected chi connectivity index (χ2v) is 4.22. The molecule has 0 saturated carbocycles. The minimum atomic E-state index is -0.767. The van der Waals surface area contributed by atoms with Crippen LogP contribution in [0.4, 0.5) is 9.59 Å². The Bertz CT molecular complexity index is 332. The van der Waals surface area contributed by atoms with E-state index in [0.717, 1.165) is 10.0 Å². The van der Waals surface area contributed by atoms with Crippen molar-refractivity contribution in [1.82, 2.24) is 10.0 Å². The van der Waals surface area contributed by atoms with E-state index in [1.807, 2.05) is 0 Å². The van der Waals surface area contributed by atoms with Gasteiger partial charge in [-0.3, -0.25) is 0 Å². The van der Waals surface area contributed by atoms with E-state index in [0.29, 0.717) is 25.7 Å². The number of nitroso groups, excluding NO2 is 2. The average Bonchev–Trinajstić information content (AvgIpc) is 2.50. The molecule has 2 amide bonds. The maximum Gasteiger partial charge on any atom is 0.432 e. The molecule has 0 radical (unpaired) electrons. The maximum atomic E-state index is 11.3. The summed E-state index contributed by atoms with van der Waals surface area (Å²) in [5.41, 5.74) is 0. The zero-order valence-electron chi connectivity index (χ0n) is 12.9. The number of hydrogen-bond donors (Lipinski definition) is 0. The van der Waals surface area contributed by atoms with Gasteiger partial charge in [0.25, 0.3) is 0 Å². The van der Waals surface area contributed by atoms with Gasteiger partial charge in [0.2, 0.25) is 0 Å². The lowest BCUT2D eigenvalue weighted by atomic mass is 10.2. The fourth-order valence-corrected chi connectivity index (χ4v) is 1.60. The van der Waals surface area contributed by atoms with Gasteiger partial charge < -0.3 is 9.47 Å². The van der Waals surface area contributed by atoms with Crippen molar-refractivity contribution in [2.45, 2.75) is 39.5 Å². The third-order valence-corrected chi connectivity index (χ3v) is 2.64. The molecule has 0 spiro atoms. The van der Waals surface area contributed by atoms with E-state index in [2.05, 4.69) is 20.0 Å². The summed E-state index contributed by atoms with van der Waals surface area (Å²) < 4.78 is 9.31. The van der Waals surface area contributed by atoms with Crippen LogP contribution in [-0.2, 0) is 9.47 Å². The van der Waals surface area contributed by atoms with Crippen LogP contribution in [0.2, 0.25) is 0 Å². The average molecular weight is 318 g/mol. The Labute approximate surface area is 128 Å². The zero-order chi connectivity index (χ0) is 16.8. The third-order valence-electron chi connectivity index (χ3n) is 2.64. The summed E-state index contributed by atoms with van der Waals surface area (Å²) in [6, 6.07) is 0. The van der Waals surface area contributed by atoms with Gasteiger partial charge in [0.15, 0.2) is 0 Å². The van der Waals surface area contributed by atoms with E-state index in [-0.39, 0.29) is 26.3 Å². The van der Waals surface area contributed by atoms with Crippen LogP contribution in [0.1, 0.15) is 39.5 Å². The van der Waals surface area contributed by atoms with Crippen molar-refractivity contribution in [1.29, 1.82) is 0 Å². The molecule has 0 bridgehead atoms. The fraction of sp³-hybridized carbons (Fsp3) is 0.833. The predicted molar refractivity (Wildman–Crippen MR) is 77.5 cm³/mol. The van der Waals surface area contributed by atoms with Gasteiger partial charge in [0.05, 0.1) is 36.9 Å². The predicted octanol–water partition coefficient (Wildman–Crippen LogP) is 2.83. The van der Waals surface area contributed by atoms with Gasteiger partial charge >= 0.3 is 12.2 Å². The number of ether oxygens (including phenoxy) is 2. The highest BCUT2D eigenvalue weighted by Crippen LogP contribution is 2.06. The topological polar surface area (TPSA) is 118 Å². The summed E-state index contributed by atoms with van der Waals surface area (Å²) >= 11 is 0. The highest BCUT2D eigenvalue weighted by Gasteiger charge is 2.15. The number of unbranched alkanes of at least 4 members (excludes halogenated alkanes) is 3. The van der Waals surface area contributed by atoms with Crippen LogP contribution in [0.3, 0.4) is 0 Å². The van der Waals surface area contributed by atoms with E-state index in [9.17, 15) is 19.4 Å².